The van der Waals surface area contributed by atoms with Gasteiger partial charge in [0.2, 0.25) is 0 Å². The number of nitrogens with one attached hydrogen (secondary N) is 1. The number of anilines is 1. The van der Waals surface area contributed by atoms with E-state index in [1.54, 1.807) is 42.5 Å². The number of amides is 1. The molecule has 0 aliphatic carbocycles. The Morgan fingerprint density at radius 3 is 2.50 bits per heavy atom. The van der Waals surface area contributed by atoms with Crippen molar-refractivity contribution < 1.29 is 18.1 Å². The summed E-state index contributed by atoms with van der Waals surface area (Å²) >= 11 is 5.79. The average molecular weight is 521 g/mol. The molecule has 5 rings (SSSR count). The first-order valence-corrected chi connectivity index (χ1v) is 12.5. The molecule has 11 heteroatoms. The highest BCUT2D eigenvalue weighted by Crippen LogP contribution is 2.42. The van der Waals surface area contributed by atoms with E-state index in [1.165, 1.54) is 28.7 Å². The molecule has 1 amide bonds. The summed E-state index contributed by atoms with van der Waals surface area (Å²) in [5.41, 5.74) is 4.14. The Morgan fingerprint density at radius 1 is 1.06 bits per heavy atom. The fourth-order valence-electron chi connectivity index (χ4n) is 4.04. The van der Waals surface area contributed by atoms with Gasteiger partial charge in [0.05, 0.1) is 28.3 Å². The van der Waals surface area contributed by atoms with Gasteiger partial charge in [-0.25, -0.2) is 13.8 Å². The van der Waals surface area contributed by atoms with E-state index in [9.17, 15) is 23.3 Å². The summed E-state index contributed by atoms with van der Waals surface area (Å²) in [4.78, 5) is 23.1. The minimum absolute atomic E-state index is 0.00330. The normalized spacial score (nSPS) is 13.9. The van der Waals surface area contributed by atoms with Crippen LogP contribution in [0.3, 0.4) is 0 Å². The van der Waals surface area contributed by atoms with Crippen molar-refractivity contribution in [1.29, 1.82) is 0 Å². The maximum atomic E-state index is 13.2. The van der Waals surface area contributed by atoms with Crippen LogP contribution in [0, 0.1) is 10.1 Å². The maximum Gasteiger partial charge on any atom is 0.288 e. The first kappa shape index (κ1) is 23.5. The number of carbonyl (C=O) groups excluding carboxylic acids is 1. The van der Waals surface area contributed by atoms with Crippen molar-refractivity contribution in [3.8, 4) is 0 Å². The number of sulfonamides is 1. The molecule has 0 spiro atoms. The van der Waals surface area contributed by atoms with Crippen molar-refractivity contribution in [2.24, 2.45) is 5.10 Å². The van der Waals surface area contributed by atoms with E-state index in [2.05, 4.69) is 10.5 Å². The van der Waals surface area contributed by atoms with E-state index in [1.807, 2.05) is 18.2 Å². The Labute approximate surface area is 210 Å². The lowest BCUT2D eigenvalue weighted by atomic mass is 10.1. The van der Waals surface area contributed by atoms with Crippen molar-refractivity contribution in [3.05, 3.63) is 111 Å². The predicted molar refractivity (Wildman–Crippen MR) is 137 cm³/mol. The van der Waals surface area contributed by atoms with Crippen molar-refractivity contribution in [3.63, 3.8) is 0 Å². The van der Waals surface area contributed by atoms with Crippen molar-refractivity contribution in [1.82, 2.24) is 5.43 Å². The van der Waals surface area contributed by atoms with E-state index in [-0.39, 0.29) is 22.2 Å². The number of hydrogen-bond acceptors (Lipinski definition) is 6. The number of hydrogen-bond donors (Lipinski definition) is 1. The Bertz CT molecular complexity index is 1660. The standard InChI is InChI=1S/C25H17ClN4O5S/c26-20-12-9-17(13-22(20)30(32)33)14-27-28-25(31)19-10-7-16(8-11-19)15-29-21-5-1-3-18-4-2-6-23(24(18)21)36(29,34)35/h1-14H,15H2,(H,28,31). The van der Waals surface area contributed by atoms with Crippen LogP contribution >= 0.6 is 11.6 Å². The van der Waals surface area contributed by atoms with Crippen LogP contribution in [0.15, 0.2) is 88.9 Å². The van der Waals surface area contributed by atoms with Gasteiger partial charge in [-0.2, -0.15) is 5.10 Å². The molecule has 0 unspecified atom stereocenters. The molecule has 1 aliphatic rings. The van der Waals surface area contributed by atoms with Gasteiger partial charge < -0.3 is 0 Å². The number of hydrazone groups is 1. The number of nitrogens with zero attached hydrogens (tertiary/aromatic N) is 3. The second-order valence-electron chi connectivity index (χ2n) is 8.01. The quantitative estimate of drug-likeness (QED) is 0.221. The van der Waals surface area contributed by atoms with E-state index in [4.69, 9.17) is 11.6 Å². The molecular weight excluding hydrogens is 504 g/mol. The van der Waals surface area contributed by atoms with Gasteiger partial charge in [-0.15, -0.1) is 0 Å². The molecule has 0 radical (unpaired) electrons. The van der Waals surface area contributed by atoms with Gasteiger partial charge in [0.25, 0.3) is 21.6 Å². The van der Waals surface area contributed by atoms with Crippen LogP contribution in [0.25, 0.3) is 10.8 Å². The van der Waals surface area contributed by atoms with E-state index in [0.29, 0.717) is 27.8 Å². The lowest BCUT2D eigenvalue weighted by Crippen LogP contribution is -2.26. The number of carbonyl (C=O) groups is 1. The second kappa shape index (κ2) is 9.06. The highest BCUT2D eigenvalue weighted by Gasteiger charge is 2.35. The molecule has 0 saturated carbocycles. The summed E-state index contributed by atoms with van der Waals surface area (Å²) in [5.74, 6) is -0.493. The Morgan fingerprint density at radius 2 is 1.78 bits per heavy atom. The number of benzene rings is 4. The van der Waals surface area contributed by atoms with Crippen LogP contribution in [0.2, 0.25) is 5.02 Å². The highest BCUT2D eigenvalue weighted by molar-refractivity contribution is 7.93. The van der Waals surface area contributed by atoms with Crippen LogP contribution in [0.5, 0.6) is 0 Å². The van der Waals surface area contributed by atoms with Crippen LogP contribution in [0.4, 0.5) is 11.4 Å². The summed E-state index contributed by atoms with van der Waals surface area (Å²) in [6.07, 6.45) is 1.27. The minimum atomic E-state index is -3.69. The van der Waals surface area contributed by atoms with E-state index in [0.717, 1.165) is 5.39 Å². The summed E-state index contributed by atoms with van der Waals surface area (Å²) in [6, 6.07) is 21.4. The van der Waals surface area contributed by atoms with Gasteiger partial charge in [-0.05, 0) is 41.3 Å². The third-order valence-corrected chi connectivity index (χ3v) is 7.89. The third kappa shape index (κ3) is 4.16. The Hall–Kier alpha value is -4.28. The predicted octanol–water partition coefficient (Wildman–Crippen LogP) is 4.87. The summed E-state index contributed by atoms with van der Waals surface area (Å²) in [7, 11) is -3.69. The zero-order chi connectivity index (χ0) is 25.4. The number of rotatable bonds is 6. The monoisotopic (exact) mass is 520 g/mol. The van der Waals surface area contributed by atoms with Crippen LogP contribution in [-0.2, 0) is 16.6 Å². The second-order valence-corrected chi connectivity index (χ2v) is 10.2. The third-order valence-electron chi connectivity index (χ3n) is 5.77. The average Bonchev–Trinajstić information content (AvgIpc) is 3.08. The molecule has 9 nitrogen and oxygen atoms in total. The molecule has 0 aromatic heterocycles. The number of nitro benzene ring substituents is 1. The van der Waals surface area contributed by atoms with Gasteiger partial charge in [0.1, 0.15) is 5.02 Å². The fraction of sp³-hybridized carbons (Fsp3) is 0.0400. The smallest absolute Gasteiger partial charge is 0.267 e. The molecule has 4 aromatic carbocycles. The topological polar surface area (TPSA) is 122 Å². The Kier molecular flexibility index (Phi) is 5.91. The number of nitro groups is 1. The largest absolute Gasteiger partial charge is 0.288 e. The van der Waals surface area contributed by atoms with Gasteiger partial charge in [-0.1, -0.05) is 54.1 Å². The maximum absolute atomic E-state index is 13.2. The number of halogens is 1. The summed E-state index contributed by atoms with van der Waals surface area (Å²) in [6.45, 7) is 0.117. The molecule has 1 heterocycles. The zero-order valence-corrected chi connectivity index (χ0v) is 20.0. The molecule has 1 N–H and O–H groups in total. The molecule has 36 heavy (non-hydrogen) atoms. The molecular formula is C25H17ClN4O5S. The lowest BCUT2D eigenvalue weighted by Gasteiger charge is -2.19. The molecule has 0 bridgehead atoms. The Balaban J connectivity index is 1.29. The van der Waals surface area contributed by atoms with Crippen molar-refractivity contribution >= 4 is 55.9 Å². The SMILES string of the molecule is O=C(NN=Cc1ccc(Cl)c([N+](=O)[O-])c1)c1ccc(CN2c3cccc4cccc(c34)S2(=O)=O)cc1. The molecule has 1 aliphatic heterocycles. The van der Waals surface area contributed by atoms with Crippen molar-refractivity contribution in [2.75, 3.05) is 4.31 Å². The molecule has 0 atom stereocenters. The fourth-order valence-corrected chi connectivity index (χ4v) is 5.92. The summed E-state index contributed by atoms with van der Waals surface area (Å²) in [5, 5.41) is 16.4. The van der Waals surface area contributed by atoms with Gasteiger partial charge in [0.15, 0.2) is 0 Å². The van der Waals surface area contributed by atoms with Crippen LogP contribution in [0.1, 0.15) is 21.5 Å². The highest BCUT2D eigenvalue weighted by atomic mass is 35.5. The first-order chi connectivity index (χ1) is 17.3. The molecule has 0 saturated heterocycles. The van der Waals surface area contributed by atoms with Crippen molar-refractivity contribution in [2.45, 2.75) is 11.4 Å². The first-order valence-electron chi connectivity index (χ1n) is 10.7. The molecule has 4 aromatic rings. The lowest BCUT2D eigenvalue weighted by molar-refractivity contribution is -0.384. The van der Waals surface area contributed by atoms with Crippen LogP contribution in [-0.4, -0.2) is 25.5 Å². The van der Waals surface area contributed by atoms with E-state index < -0.39 is 20.9 Å². The summed E-state index contributed by atoms with van der Waals surface area (Å²) < 4.78 is 27.7. The van der Waals surface area contributed by atoms with Gasteiger partial charge in [0, 0.05) is 22.6 Å². The van der Waals surface area contributed by atoms with Crippen LogP contribution < -0.4 is 9.73 Å². The molecule has 0 fully saturated rings. The molecule has 180 valence electrons. The van der Waals surface area contributed by atoms with Gasteiger partial charge in [-0.3, -0.25) is 19.2 Å². The minimum Gasteiger partial charge on any atom is -0.267 e. The zero-order valence-electron chi connectivity index (χ0n) is 18.5. The van der Waals surface area contributed by atoms with Gasteiger partial charge >= 0.3 is 0 Å². The van der Waals surface area contributed by atoms with E-state index >= 15 is 0 Å².